The van der Waals surface area contributed by atoms with Crippen molar-refractivity contribution in [2.24, 2.45) is 28.7 Å². The smallest absolute Gasteiger partial charge is 0.311 e. The number of rotatable bonds is 18. The lowest BCUT2D eigenvalue weighted by Crippen LogP contribution is -2.61. The molecule has 91 heavy (non-hydrogen) atoms. The van der Waals surface area contributed by atoms with E-state index in [-0.39, 0.29) is 55.8 Å². The summed E-state index contributed by atoms with van der Waals surface area (Å²) < 4.78 is 73.8. The number of esters is 1. The van der Waals surface area contributed by atoms with Crippen LogP contribution in [0.4, 0.5) is 8.78 Å². The lowest BCUT2D eigenvalue weighted by atomic mass is 9.74. The Morgan fingerprint density at radius 1 is 0.956 bits per heavy atom. The van der Waals surface area contributed by atoms with E-state index in [1.807, 2.05) is 39.8 Å². The number of halogens is 2. The lowest BCUT2D eigenvalue weighted by Gasteiger charge is -2.50. The maximum atomic E-state index is 14.2. The Bertz CT molecular complexity index is 2910. The molecule has 1 aromatic carbocycles. The highest BCUT2D eigenvalue weighted by atomic mass is 32.2. The number of benzene rings is 1. The highest BCUT2D eigenvalue weighted by Crippen LogP contribution is 2.42. The topological polar surface area (TPSA) is 353 Å². The predicted molar refractivity (Wildman–Crippen MR) is 331 cm³/mol. The molecule has 3 aliphatic rings. The molecular weight excluding hydrogens is 1210 g/mol. The number of Topliss-reactive ketones (excluding diaryl/α,β-unsaturated/α-hetero) is 1. The Morgan fingerprint density at radius 3 is 2.12 bits per heavy atom. The first-order valence-corrected chi connectivity index (χ1v) is 31.7. The number of H-pyrrole nitrogens is 1. The second-order valence-electron chi connectivity index (χ2n) is 24.7. The molecule has 18 atom stereocenters. The highest BCUT2D eigenvalue weighted by molar-refractivity contribution is 7.98. The molecule has 6 heterocycles. The van der Waals surface area contributed by atoms with Gasteiger partial charge in [0, 0.05) is 86.9 Å². The number of hydrogen-bond donors (Lipinski definition) is 8. The van der Waals surface area contributed by atoms with Gasteiger partial charge in [-0.2, -0.15) is 27.2 Å². The van der Waals surface area contributed by atoms with Crippen LogP contribution in [0.2, 0.25) is 0 Å². The number of ether oxygens (including phenoxy) is 7. The third-order valence-electron chi connectivity index (χ3n) is 17.6. The molecule has 8 N–H and O–H groups in total. The van der Waals surface area contributed by atoms with Crippen molar-refractivity contribution in [2.45, 2.75) is 211 Å². The lowest BCUT2D eigenvalue weighted by molar-refractivity contribution is -0.319. The van der Waals surface area contributed by atoms with Crippen LogP contribution in [0.5, 0.6) is 0 Å². The number of nitrogens with zero attached hydrogens (tertiary/aromatic N) is 10. The molecule has 0 spiro atoms. The van der Waals surface area contributed by atoms with Crippen molar-refractivity contribution >= 4 is 29.5 Å². The van der Waals surface area contributed by atoms with Gasteiger partial charge in [0.15, 0.2) is 12.6 Å². The zero-order valence-corrected chi connectivity index (χ0v) is 56.0. The first-order valence-electron chi connectivity index (χ1n) is 30.5. The largest absolute Gasteiger partial charge is 0.459 e. The number of hydrogen-bond acceptors (Lipinski definition) is 23. The van der Waals surface area contributed by atoms with Crippen molar-refractivity contribution in [3.8, 4) is 6.19 Å². The average molecular weight is 1310 g/mol. The van der Waals surface area contributed by atoms with Crippen LogP contribution in [0, 0.1) is 53.7 Å². The SMILES string of the molecule is CC[C@H]1OC(=O)[C@H](C)[C@@H](O[C@H]2C[C@@](C)(OC)[C@@H](O)[C@H](C)O2)C(C)[C@@H](O[C@@H]2O[C@H](C)C[C@H](N(C)C)[C@H]2O)[C@](C)(OC)C[C@@H](C)C(=O)[C@H](C)[C@@H](O)[C@]1(C)O.CN/C(=N/C#N)NCCSCc1nc[nH]c1C.OC(Cn1cncn1)(Cn1cncn1)c1ccc(F)cc1F. The van der Waals surface area contributed by atoms with Gasteiger partial charge in [-0.15, -0.1) is 4.99 Å². The summed E-state index contributed by atoms with van der Waals surface area (Å²) in [5, 5.41) is 78.6. The minimum atomic E-state index is -1.96. The van der Waals surface area contributed by atoms with Crippen LogP contribution in [0.3, 0.4) is 0 Å². The number of nitriles is 1. The van der Waals surface area contributed by atoms with Gasteiger partial charge < -0.3 is 79.2 Å². The fraction of sp³-hybridized carbons (Fsp3) is 0.721. The number of cyclic esters (lactones) is 1. The van der Waals surface area contributed by atoms with Gasteiger partial charge in [0.2, 0.25) is 12.2 Å². The second-order valence-corrected chi connectivity index (χ2v) is 25.8. The molecule has 1 unspecified atom stereocenters. The number of thioether (sulfide) groups is 1. The maximum Gasteiger partial charge on any atom is 0.311 e. The molecule has 0 aliphatic carbocycles. The molecule has 4 aromatic rings. The minimum absolute atomic E-state index is 0.0556. The van der Waals surface area contributed by atoms with Crippen molar-refractivity contribution in [2.75, 3.05) is 47.7 Å². The van der Waals surface area contributed by atoms with Gasteiger partial charge in [-0.1, -0.05) is 33.8 Å². The number of aliphatic imine (C=N–C) groups is 1. The quantitative estimate of drug-likeness (QED) is 0.0231. The van der Waals surface area contributed by atoms with Crippen LogP contribution in [0.1, 0.15) is 112 Å². The number of aliphatic hydroxyl groups is 5. The van der Waals surface area contributed by atoms with Crippen LogP contribution >= 0.6 is 11.8 Å². The zero-order chi connectivity index (χ0) is 67.8. The van der Waals surface area contributed by atoms with Gasteiger partial charge in [0.25, 0.3) is 0 Å². The Morgan fingerprint density at radius 2 is 1.59 bits per heavy atom. The maximum absolute atomic E-state index is 14.2. The first kappa shape index (κ1) is 76.1. The number of aromatic amines is 1. The van der Waals surface area contributed by atoms with Gasteiger partial charge in [-0.3, -0.25) is 9.59 Å². The fourth-order valence-electron chi connectivity index (χ4n) is 12.0. The normalized spacial score (nSPS) is 32.9. The molecule has 3 aliphatic heterocycles. The number of aliphatic hydroxyl groups excluding tert-OH is 3. The number of aromatic nitrogens is 8. The molecule has 7 rings (SSSR count). The van der Waals surface area contributed by atoms with E-state index in [4.69, 9.17) is 38.4 Å². The van der Waals surface area contributed by atoms with Gasteiger partial charge in [0.1, 0.15) is 72.2 Å². The van der Waals surface area contributed by atoms with E-state index in [2.05, 4.69) is 45.8 Å². The predicted octanol–water partition coefficient (Wildman–Crippen LogP) is 3.77. The summed E-state index contributed by atoms with van der Waals surface area (Å²) in [5.74, 6) is -3.71. The van der Waals surface area contributed by atoms with E-state index in [1.54, 1.807) is 79.8 Å². The molecule has 3 saturated heterocycles. The summed E-state index contributed by atoms with van der Waals surface area (Å²) in [7, 11) is 8.49. The standard InChI is InChI=1S/C38H69NO13.C13H12F2N6O.C10H16N6S/c1-15-26-38(10,45)31(42)21(4)28(40)19(2)17-37(9,47-14)33(52-35-29(41)25(39(11)12)16-20(3)48-35)22(5)30(23(6)34(44)50-26)51-27-18-36(8,46-13)32(43)24(7)49-27;14-10-1-2-11(12(15)3-10)13(22,4-20-8-16-6-18-20)5-21-9-17-7-19-21;1-8-9(16-7-15-8)5-17-4-3-13-10(12-2)14-6-11/h19-27,29-33,35,41-43,45H,15-18H2,1-14H3;1-3,6-9,22H,4-5H2;7H,3-5H2,1-2H3,(H,15,16)(H2,12,13,14)/t19-,20-,21+,22?,23-,24+,25+,26-,27+,29-,30+,31-,32+,33-,35+,36-,37-,38-;;/m1../s1. The summed E-state index contributed by atoms with van der Waals surface area (Å²) in [6.07, 6.45) is 0.110. The molecule has 27 nitrogen and oxygen atoms in total. The summed E-state index contributed by atoms with van der Waals surface area (Å²) in [4.78, 5) is 48.5. The fourth-order valence-corrected chi connectivity index (χ4v) is 12.9. The van der Waals surface area contributed by atoms with Crippen LogP contribution in [-0.2, 0) is 67.2 Å². The Hall–Kier alpha value is -5.66. The Labute approximate surface area is 536 Å². The van der Waals surface area contributed by atoms with Gasteiger partial charge in [-0.05, 0) is 87.9 Å². The van der Waals surface area contributed by atoms with E-state index >= 15 is 0 Å². The van der Waals surface area contributed by atoms with Crippen LogP contribution in [0.15, 0.2) is 54.8 Å². The molecule has 3 fully saturated rings. The summed E-state index contributed by atoms with van der Waals surface area (Å²) in [5.41, 5.74) is -3.78. The number of aryl methyl sites for hydroxylation is 1. The average Bonchev–Trinajstić information content (AvgIpc) is 0.902. The van der Waals surface area contributed by atoms with Crippen molar-refractivity contribution in [3.63, 3.8) is 0 Å². The number of nitrogens with one attached hydrogen (secondary N) is 3. The number of carbonyl (C=O) groups is 2. The number of ketones is 1. The molecule has 510 valence electrons. The number of methoxy groups -OCH3 is 2. The monoisotopic (exact) mass is 1310 g/mol. The molecular formula is C61H97F2N13O14S. The molecule has 0 radical (unpaired) electrons. The first-order chi connectivity index (χ1) is 42.8. The van der Waals surface area contributed by atoms with Crippen molar-refractivity contribution < 1.29 is 77.1 Å². The van der Waals surface area contributed by atoms with Crippen LogP contribution in [0.25, 0.3) is 0 Å². The van der Waals surface area contributed by atoms with Crippen molar-refractivity contribution in [1.82, 2.24) is 55.0 Å². The van der Waals surface area contributed by atoms with Gasteiger partial charge in [0.05, 0.1) is 72.8 Å². The van der Waals surface area contributed by atoms with Gasteiger partial charge >= 0.3 is 5.97 Å². The summed E-state index contributed by atoms with van der Waals surface area (Å²) in [6.45, 7) is 19.7. The van der Waals surface area contributed by atoms with E-state index in [1.165, 1.54) is 61.9 Å². The molecule has 3 aromatic heterocycles. The number of likely N-dealkylation sites (N-methyl/N-ethyl adjacent to an activating group) is 1. The van der Waals surface area contributed by atoms with Gasteiger partial charge in [-0.25, -0.2) is 33.1 Å². The summed E-state index contributed by atoms with van der Waals surface area (Å²) >= 11 is 1.79. The van der Waals surface area contributed by atoms with E-state index in [0.717, 1.165) is 41.6 Å². The van der Waals surface area contributed by atoms with E-state index in [0.29, 0.717) is 12.4 Å². The summed E-state index contributed by atoms with van der Waals surface area (Å²) in [6, 6.07) is 2.74. The van der Waals surface area contributed by atoms with E-state index < -0.39 is 119 Å². The number of carbonyl (C=O) groups excluding carboxylic acids is 2. The second kappa shape index (κ2) is 34.0. The number of imidazole rings is 1. The van der Waals surface area contributed by atoms with E-state index in [9.17, 15) is 43.9 Å². The molecule has 0 saturated carbocycles. The third-order valence-corrected chi connectivity index (χ3v) is 18.6. The van der Waals surface area contributed by atoms with Crippen molar-refractivity contribution in [3.05, 3.63) is 78.4 Å². The molecule has 30 heteroatoms. The van der Waals surface area contributed by atoms with Crippen molar-refractivity contribution in [1.29, 1.82) is 5.26 Å². The number of guanidine groups is 1. The zero-order valence-electron chi connectivity index (χ0n) is 55.2. The Kier molecular flexibility index (Phi) is 28.4. The molecule has 0 amide bonds. The van der Waals surface area contributed by atoms with Crippen LogP contribution < -0.4 is 10.6 Å². The Balaban J connectivity index is 0.000000311. The minimum Gasteiger partial charge on any atom is -0.459 e. The molecule has 0 bridgehead atoms. The highest BCUT2D eigenvalue weighted by Gasteiger charge is 2.54. The van der Waals surface area contributed by atoms with Crippen LogP contribution in [-0.4, -0.2) is 220 Å². The third kappa shape index (κ3) is 19.7.